The predicted octanol–water partition coefficient (Wildman–Crippen LogP) is 4.68. The molecule has 3 aromatic rings. The van der Waals surface area contributed by atoms with Gasteiger partial charge in [-0.3, -0.25) is 9.69 Å². The standard InChI is InChI=1S/C21H18ClF2N3O2/c22-13-5-6-18-16(11-13)25-19(27(18)14-7-9-29-10-8-14)12-26-17-4-2-1-3-15(17)21(23,24)20(26)28/h1-6,11,14H,7-10,12H2. The maximum absolute atomic E-state index is 14.5. The number of ether oxygens (including phenoxy) is 1. The van der Waals surface area contributed by atoms with Crippen LogP contribution < -0.4 is 4.90 Å². The van der Waals surface area contributed by atoms with Crippen LogP contribution in [0.25, 0.3) is 11.0 Å². The van der Waals surface area contributed by atoms with E-state index in [0.717, 1.165) is 23.3 Å². The number of benzene rings is 2. The second kappa shape index (κ2) is 6.78. The van der Waals surface area contributed by atoms with Crippen molar-refractivity contribution < 1.29 is 18.3 Å². The van der Waals surface area contributed by atoms with Gasteiger partial charge in [-0.25, -0.2) is 4.98 Å². The summed E-state index contributed by atoms with van der Waals surface area (Å²) >= 11 is 6.13. The number of nitrogens with zero attached hydrogens (tertiary/aromatic N) is 3. The molecule has 2 aromatic carbocycles. The third-order valence-corrected chi connectivity index (χ3v) is 5.86. The van der Waals surface area contributed by atoms with Crippen molar-refractivity contribution in [2.24, 2.45) is 0 Å². The fourth-order valence-electron chi connectivity index (χ4n) is 4.25. The Hall–Kier alpha value is -2.51. The van der Waals surface area contributed by atoms with Crippen LogP contribution in [-0.4, -0.2) is 28.7 Å². The van der Waals surface area contributed by atoms with Crippen molar-refractivity contribution in [3.8, 4) is 0 Å². The number of carbonyl (C=O) groups excluding carboxylic acids is 1. The molecule has 2 aliphatic heterocycles. The van der Waals surface area contributed by atoms with Crippen LogP contribution in [0.3, 0.4) is 0 Å². The van der Waals surface area contributed by atoms with Crippen molar-refractivity contribution in [3.63, 3.8) is 0 Å². The molecular formula is C21H18ClF2N3O2. The number of hydrogen-bond acceptors (Lipinski definition) is 3. The van der Waals surface area contributed by atoms with E-state index in [4.69, 9.17) is 16.3 Å². The first-order valence-corrected chi connectivity index (χ1v) is 9.88. The molecule has 5 nitrogen and oxygen atoms in total. The molecule has 0 saturated carbocycles. The highest BCUT2D eigenvalue weighted by molar-refractivity contribution is 6.31. The number of anilines is 1. The molecule has 8 heteroatoms. The van der Waals surface area contributed by atoms with E-state index in [0.29, 0.717) is 29.6 Å². The van der Waals surface area contributed by atoms with E-state index in [9.17, 15) is 13.6 Å². The number of hydrogen-bond donors (Lipinski definition) is 0. The lowest BCUT2D eigenvalue weighted by Gasteiger charge is -2.27. The zero-order chi connectivity index (χ0) is 20.2. The summed E-state index contributed by atoms with van der Waals surface area (Å²) in [7, 11) is 0. The number of aromatic nitrogens is 2. The van der Waals surface area contributed by atoms with Gasteiger partial charge in [0.2, 0.25) is 0 Å². The average Bonchev–Trinajstić information content (AvgIpc) is 3.17. The topological polar surface area (TPSA) is 47.4 Å². The highest BCUT2D eigenvalue weighted by Crippen LogP contribution is 2.44. The summed E-state index contributed by atoms with van der Waals surface area (Å²) in [5.41, 5.74) is 1.53. The van der Waals surface area contributed by atoms with Gasteiger partial charge in [-0.15, -0.1) is 0 Å². The van der Waals surface area contributed by atoms with E-state index in [1.165, 1.54) is 12.1 Å². The lowest BCUT2D eigenvalue weighted by Crippen LogP contribution is -2.35. The number of imidazole rings is 1. The SMILES string of the molecule is O=C1N(Cc2nc3cc(Cl)ccc3n2C2CCOCC2)c2ccccc2C1(F)F. The minimum absolute atomic E-state index is 0.0326. The summed E-state index contributed by atoms with van der Waals surface area (Å²) in [5.74, 6) is -4.19. The van der Waals surface area contributed by atoms with Gasteiger partial charge in [-0.1, -0.05) is 29.8 Å². The van der Waals surface area contributed by atoms with Crippen molar-refractivity contribution in [2.75, 3.05) is 18.1 Å². The Balaban J connectivity index is 1.61. The minimum atomic E-state index is -3.53. The molecule has 0 bridgehead atoms. The Bertz CT molecular complexity index is 1110. The van der Waals surface area contributed by atoms with Crippen LogP contribution in [0.15, 0.2) is 42.5 Å². The van der Waals surface area contributed by atoms with Gasteiger partial charge in [-0.05, 0) is 37.1 Å². The van der Waals surface area contributed by atoms with Crippen molar-refractivity contribution in [1.82, 2.24) is 9.55 Å². The van der Waals surface area contributed by atoms with Gasteiger partial charge in [0.1, 0.15) is 5.82 Å². The van der Waals surface area contributed by atoms with E-state index in [1.807, 2.05) is 6.07 Å². The lowest BCUT2D eigenvalue weighted by atomic mass is 10.1. The van der Waals surface area contributed by atoms with E-state index >= 15 is 0 Å². The van der Waals surface area contributed by atoms with E-state index in [-0.39, 0.29) is 23.8 Å². The van der Waals surface area contributed by atoms with Crippen LogP contribution in [0, 0.1) is 0 Å². The van der Waals surface area contributed by atoms with Crippen LogP contribution in [0.5, 0.6) is 0 Å². The van der Waals surface area contributed by atoms with Gasteiger partial charge in [0.05, 0.1) is 28.8 Å². The molecule has 29 heavy (non-hydrogen) atoms. The largest absolute Gasteiger partial charge is 0.381 e. The zero-order valence-electron chi connectivity index (χ0n) is 15.4. The molecule has 1 amide bonds. The van der Waals surface area contributed by atoms with Crippen LogP contribution in [-0.2, 0) is 22.0 Å². The Kier molecular flexibility index (Phi) is 4.33. The molecule has 0 unspecified atom stereocenters. The van der Waals surface area contributed by atoms with Crippen molar-refractivity contribution in [1.29, 1.82) is 0 Å². The highest BCUT2D eigenvalue weighted by atomic mass is 35.5. The van der Waals surface area contributed by atoms with E-state index in [1.54, 1.807) is 24.3 Å². The third kappa shape index (κ3) is 2.91. The van der Waals surface area contributed by atoms with Gasteiger partial charge in [-0.2, -0.15) is 8.78 Å². The van der Waals surface area contributed by atoms with Crippen molar-refractivity contribution in [3.05, 3.63) is 58.9 Å². The van der Waals surface area contributed by atoms with E-state index in [2.05, 4.69) is 9.55 Å². The van der Waals surface area contributed by atoms with Crippen LogP contribution in [0.4, 0.5) is 14.5 Å². The van der Waals surface area contributed by atoms with Gasteiger partial charge in [0.25, 0.3) is 0 Å². The molecule has 0 spiro atoms. The summed E-state index contributed by atoms with van der Waals surface area (Å²) in [4.78, 5) is 18.3. The zero-order valence-corrected chi connectivity index (χ0v) is 16.2. The molecule has 1 aromatic heterocycles. The number of amides is 1. The number of alkyl halides is 2. The van der Waals surface area contributed by atoms with Gasteiger partial charge >= 0.3 is 11.8 Å². The summed E-state index contributed by atoms with van der Waals surface area (Å²) in [5, 5.41) is 0.551. The molecule has 1 saturated heterocycles. The molecule has 0 atom stereocenters. The summed E-state index contributed by atoms with van der Waals surface area (Å²) in [6, 6.07) is 11.6. The van der Waals surface area contributed by atoms with Crippen LogP contribution in [0.2, 0.25) is 5.02 Å². The summed E-state index contributed by atoms with van der Waals surface area (Å²) in [6.45, 7) is 1.22. The number of halogens is 3. The molecule has 2 aliphatic rings. The Morgan fingerprint density at radius 2 is 1.93 bits per heavy atom. The molecular weight excluding hydrogens is 400 g/mol. The second-order valence-corrected chi connectivity index (χ2v) is 7.79. The first-order chi connectivity index (χ1) is 14.0. The smallest absolute Gasteiger partial charge is 0.352 e. The normalized spacial score (nSPS) is 19.1. The second-order valence-electron chi connectivity index (χ2n) is 7.36. The molecule has 1 fully saturated rings. The first kappa shape index (κ1) is 18.5. The molecule has 3 heterocycles. The molecule has 0 N–H and O–H groups in total. The number of para-hydroxylation sites is 1. The number of fused-ring (bicyclic) bond motifs is 2. The molecule has 5 rings (SSSR count). The quantitative estimate of drug-likeness (QED) is 0.621. The van der Waals surface area contributed by atoms with Gasteiger partial charge in [0, 0.05) is 24.3 Å². The molecule has 0 radical (unpaired) electrons. The third-order valence-electron chi connectivity index (χ3n) is 5.63. The molecule has 150 valence electrons. The Morgan fingerprint density at radius 1 is 1.17 bits per heavy atom. The van der Waals surface area contributed by atoms with Crippen LogP contribution >= 0.6 is 11.6 Å². The van der Waals surface area contributed by atoms with Crippen molar-refractivity contribution in [2.45, 2.75) is 31.4 Å². The fraction of sp³-hybridized carbons (Fsp3) is 0.333. The first-order valence-electron chi connectivity index (χ1n) is 9.50. The number of carbonyl (C=O) groups is 1. The highest BCUT2D eigenvalue weighted by Gasteiger charge is 2.52. The monoisotopic (exact) mass is 417 g/mol. The summed E-state index contributed by atoms with van der Waals surface area (Å²) < 4.78 is 36.6. The predicted molar refractivity (Wildman–Crippen MR) is 105 cm³/mol. The maximum Gasteiger partial charge on any atom is 0.352 e. The Labute approximate surface area is 170 Å². The van der Waals surface area contributed by atoms with Crippen LogP contribution in [0.1, 0.15) is 30.3 Å². The lowest BCUT2D eigenvalue weighted by molar-refractivity contribution is -0.141. The minimum Gasteiger partial charge on any atom is -0.381 e. The van der Waals surface area contributed by atoms with Gasteiger partial charge < -0.3 is 9.30 Å². The van der Waals surface area contributed by atoms with Gasteiger partial charge in [0.15, 0.2) is 0 Å². The molecule has 0 aliphatic carbocycles. The average molecular weight is 418 g/mol. The number of rotatable bonds is 3. The Morgan fingerprint density at radius 3 is 2.72 bits per heavy atom. The fourth-order valence-corrected chi connectivity index (χ4v) is 4.42. The summed E-state index contributed by atoms with van der Waals surface area (Å²) in [6.07, 6.45) is 1.59. The van der Waals surface area contributed by atoms with E-state index < -0.39 is 11.8 Å². The van der Waals surface area contributed by atoms with Crippen molar-refractivity contribution >= 4 is 34.2 Å². The maximum atomic E-state index is 14.5.